The minimum atomic E-state index is 0.374. The molecule has 0 saturated heterocycles. The first kappa shape index (κ1) is 22.5. The third kappa shape index (κ3) is 6.65. The molecule has 0 heterocycles. The van der Waals surface area contributed by atoms with Crippen LogP contribution >= 0.6 is 39.1 Å². The Morgan fingerprint density at radius 3 is 2.66 bits per heavy atom. The van der Waals surface area contributed by atoms with Crippen molar-refractivity contribution < 1.29 is 9.47 Å². The summed E-state index contributed by atoms with van der Waals surface area (Å²) in [7, 11) is 1.65. The summed E-state index contributed by atoms with van der Waals surface area (Å²) in [5.41, 5.74) is 3.68. The molecule has 3 rings (SSSR count). The molecule has 0 radical (unpaired) electrons. The number of hydrogen-bond donors (Lipinski definition) is 1. The van der Waals surface area contributed by atoms with Gasteiger partial charge in [-0.05, 0) is 90.0 Å². The summed E-state index contributed by atoms with van der Waals surface area (Å²) in [5.74, 6) is 1.38. The molecule has 6 heteroatoms. The number of rotatable bonds is 9. The average Bonchev–Trinajstić information content (AvgIpc) is 2.73. The van der Waals surface area contributed by atoms with Crippen LogP contribution < -0.4 is 14.8 Å². The lowest BCUT2D eigenvalue weighted by molar-refractivity contribution is 0.282. The van der Waals surface area contributed by atoms with Crippen LogP contribution in [0.3, 0.4) is 0 Å². The van der Waals surface area contributed by atoms with Gasteiger partial charge in [0.15, 0.2) is 11.5 Å². The highest BCUT2D eigenvalue weighted by atomic mass is 79.9. The standard InChI is InChI=1S/C23H26BrCl2NO2/c1-28-22-13-18(14-27-10-9-16-5-3-2-4-6-16)11-19(24)23(22)29-15-17-7-8-20(25)21(26)12-17/h5,7-8,11-13,27H,2-4,6,9-10,14-15H2,1H3. The van der Waals surface area contributed by atoms with Crippen LogP contribution in [0.15, 0.2) is 46.5 Å². The van der Waals surface area contributed by atoms with E-state index in [0.717, 1.165) is 35.1 Å². The SMILES string of the molecule is COc1cc(CNCCC2=CCCCC2)cc(Br)c1OCc1ccc(Cl)c(Cl)c1. The molecule has 1 aliphatic rings. The van der Waals surface area contributed by atoms with E-state index in [1.54, 1.807) is 18.7 Å². The van der Waals surface area contributed by atoms with Crippen LogP contribution in [-0.2, 0) is 13.2 Å². The monoisotopic (exact) mass is 497 g/mol. The molecule has 0 amide bonds. The summed E-state index contributed by atoms with van der Waals surface area (Å²) in [6.07, 6.45) is 8.70. The van der Waals surface area contributed by atoms with Crippen molar-refractivity contribution >= 4 is 39.1 Å². The summed E-state index contributed by atoms with van der Waals surface area (Å²) in [6, 6.07) is 9.56. The highest BCUT2D eigenvalue weighted by Crippen LogP contribution is 2.37. The molecule has 2 aromatic rings. The molecule has 0 fully saturated rings. The molecule has 1 aliphatic carbocycles. The highest BCUT2D eigenvalue weighted by molar-refractivity contribution is 9.10. The number of ether oxygens (including phenoxy) is 2. The van der Waals surface area contributed by atoms with Crippen LogP contribution in [-0.4, -0.2) is 13.7 Å². The van der Waals surface area contributed by atoms with E-state index in [2.05, 4.69) is 33.4 Å². The minimum Gasteiger partial charge on any atom is -0.493 e. The van der Waals surface area contributed by atoms with Gasteiger partial charge in [-0.1, -0.05) is 40.9 Å². The van der Waals surface area contributed by atoms with Crippen molar-refractivity contribution in [2.24, 2.45) is 0 Å². The van der Waals surface area contributed by atoms with E-state index < -0.39 is 0 Å². The van der Waals surface area contributed by atoms with Crippen molar-refractivity contribution in [3.63, 3.8) is 0 Å². The number of allylic oxidation sites excluding steroid dienone is 1. The molecule has 0 saturated carbocycles. The first-order valence-electron chi connectivity index (χ1n) is 9.88. The normalized spacial score (nSPS) is 13.9. The molecule has 0 atom stereocenters. The van der Waals surface area contributed by atoms with Gasteiger partial charge < -0.3 is 14.8 Å². The number of nitrogens with one attached hydrogen (secondary N) is 1. The molecule has 2 aromatic carbocycles. The molecule has 29 heavy (non-hydrogen) atoms. The lowest BCUT2D eigenvalue weighted by Crippen LogP contribution is -2.16. The molecule has 0 spiro atoms. The molecule has 0 aromatic heterocycles. The van der Waals surface area contributed by atoms with E-state index in [4.69, 9.17) is 32.7 Å². The van der Waals surface area contributed by atoms with Gasteiger partial charge in [0, 0.05) is 6.54 Å². The topological polar surface area (TPSA) is 30.5 Å². The molecule has 156 valence electrons. The van der Waals surface area contributed by atoms with E-state index in [0.29, 0.717) is 28.2 Å². The molecule has 1 N–H and O–H groups in total. The van der Waals surface area contributed by atoms with E-state index in [9.17, 15) is 0 Å². The van der Waals surface area contributed by atoms with Crippen molar-refractivity contribution in [1.82, 2.24) is 5.32 Å². The highest BCUT2D eigenvalue weighted by Gasteiger charge is 2.13. The largest absolute Gasteiger partial charge is 0.493 e. The lowest BCUT2D eigenvalue weighted by Gasteiger charge is -2.16. The second-order valence-corrected chi connectivity index (χ2v) is 8.85. The maximum absolute atomic E-state index is 6.08. The summed E-state index contributed by atoms with van der Waals surface area (Å²) in [5, 5.41) is 4.58. The number of benzene rings is 2. The van der Waals surface area contributed by atoms with Crippen molar-refractivity contribution in [3.05, 3.63) is 67.6 Å². The first-order valence-corrected chi connectivity index (χ1v) is 11.4. The molecule has 3 nitrogen and oxygen atoms in total. The summed E-state index contributed by atoms with van der Waals surface area (Å²) in [4.78, 5) is 0. The smallest absolute Gasteiger partial charge is 0.175 e. The van der Waals surface area contributed by atoms with Gasteiger partial charge in [-0.3, -0.25) is 0 Å². The fourth-order valence-electron chi connectivity index (χ4n) is 3.41. The van der Waals surface area contributed by atoms with Gasteiger partial charge >= 0.3 is 0 Å². The van der Waals surface area contributed by atoms with Gasteiger partial charge in [0.05, 0.1) is 21.6 Å². The fraction of sp³-hybridized carbons (Fsp3) is 0.391. The Morgan fingerprint density at radius 1 is 1.07 bits per heavy atom. The number of hydrogen-bond acceptors (Lipinski definition) is 3. The van der Waals surface area contributed by atoms with Crippen LogP contribution in [0.1, 0.15) is 43.2 Å². The van der Waals surface area contributed by atoms with E-state index in [-0.39, 0.29) is 0 Å². The molecule has 0 bridgehead atoms. The lowest BCUT2D eigenvalue weighted by atomic mass is 9.97. The quantitative estimate of drug-likeness (QED) is 0.290. The van der Waals surface area contributed by atoms with Crippen LogP contribution in [0, 0.1) is 0 Å². The second-order valence-electron chi connectivity index (χ2n) is 7.18. The maximum atomic E-state index is 6.08. The van der Waals surface area contributed by atoms with Gasteiger partial charge in [0.25, 0.3) is 0 Å². The Hall–Kier alpha value is -1.20. The van der Waals surface area contributed by atoms with Crippen molar-refractivity contribution in [2.75, 3.05) is 13.7 Å². The van der Waals surface area contributed by atoms with Crippen LogP contribution in [0.25, 0.3) is 0 Å². The van der Waals surface area contributed by atoms with Crippen LogP contribution in [0.2, 0.25) is 10.0 Å². The van der Waals surface area contributed by atoms with E-state index >= 15 is 0 Å². The van der Waals surface area contributed by atoms with E-state index in [1.807, 2.05) is 18.2 Å². The molecular weight excluding hydrogens is 473 g/mol. The van der Waals surface area contributed by atoms with Gasteiger partial charge in [-0.15, -0.1) is 0 Å². The Labute approximate surface area is 191 Å². The van der Waals surface area contributed by atoms with Crippen molar-refractivity contribution in [3.8, 4) is 11.5 Å². The Kier molecular flexibility index (Phi) is 8.73. The average molecular weight is 499 g/mol. The van der Waals surface area contributed by atoms with Crippen molar-refractivity contribution in [1.29, 1.82) is 0 Å². The number of halogens is 3. The van der Waals surface area contributed by atoms with Gasteiger partial charge in [-0.2, -0.15) is 0 Å². The summed E-state index contributed by atoms with van der Waals surface area (Å²) in [6.45, 7) is 2.15. The third-order valence-electron chi connectivity index (χ3n) is 4.99. The van der Waals surface area contributed by atoms with Crippen LogP contribution in [0.5, 0.6) is 11.5 Å². The molecule has 0 unspecified atom stereocenters. The fourth-order valence-corrected chi connectivity index (χ4v) is 4.34. The number of methoxy groups -OCH3 is 1. The zero-order valence-corrected chi connectivity index (χ0v) is 19.7. The van der Waals surface area contributed by atoms with Gasteiger partial charge in [-0.25, -0.2) is 0 Å². The maximum Gasteiger partial charge on any atom is 0.175 e. The Balaban J connectivity index is 1.57. The van der Waals surface area contributed by atoms with E-state index in [1.165, 1.54) is 25.7 Å². The minimum absolute atomic E-state index is 0.374. The van der Waals surface area contributed by atoms with Crippen molar-refractivity contribution in [2.45, 2.75) is 45.3 Å². The Bertz CT molecular complexity index is 870. The second kappa shape index (κ2) is 11.3. The predicted molar refractivity (Wildman–Crippen MR) is 124 cm³/mol. The zero-order chi connectivity index (χ0) is 20.6. The van der Waals surface area contributed by atoms with Gasteiger partial charge in [0.1, 0.15) is 6.61 Å². The first-order chi connectivity index (χ1) is 14.1. The molecule has 0 aliphatic heterocycles. The third-order valence-corrected chi connectivity index (χ3v) is 6.32. The zero-order valence-electron chi connectivity index (χ0n) is 16.6. The summed E-state index contributed by atoms with van der Waals surface area (Å²) < 4.78 is 12.4. The predicted octanol–water partition coefficient (Wildman–Crippen LogP) is 7.32. The Morgan fingerprint density at radius 2 is 1.93 bits per heavy atom. The van der Waals surface area contributed by atoms with Gasteiger partial charge in [0.2, 0.25) is 0 Å². The van der Waals surface area contributed by atoms with Crippen LogP contribution in [0.4, 0.5) is 0 Å². The molecular formula is C23H26BrCl2NO2. The summed E-state index contributed by atoms with van der Waals surface area (Å²) >= 11 is 15.7.